The van der Waals surface area contributed by atoms with Crippen LogP contribution in [0.3, 0.4) is 0 Å². The molecule has 1 atom stereocenters. The van der Waals surface area contributed by atoms with Crippen LogP contribution in [0.15, 0.2) is 30.3 Å². The van der Waals surface area contributed by atoms with Crippen LogP contribution in [0, 0.1) is 0 Å². The maximum absolute atomic E-state index is 12.5. The van der Waals surface area contributed by atoms with Crippen LogP contribution in [0.2, 0.25) is 16.6 Å². The van der Waals surface area contributed by atoms with E-state index in [-0.39, 0.29) is 18.7 Å². The minimum Gasteiger partial charge on any atom is -0.439 e. The predicted octanol–water partition coefficient (Wildman–Crippen LogP) is 5.87. The monoisotopic (exact) mass is 350 g/mol. The zero-order valence-electron chi connectivity index (χ0n) is 16.3. The molecule has 3 nitrogen and oxygen atoms in total. The van der Waals surface area contributed by atoms with E-state index in [9.17, 15) is 4.79 Å². The van der Waals surface area contributed by atoms with Gasteiger partial charge in [0.2, 0.25) is 8.32 Å². The summed E-state index contributed by atoms with van der Waals surface area (Å²) < 4.78 is 11.8. The van der Waals surface area contributed by atoms with Gasteiger partial charge in [0.05, 0.1) is 5.92 Å². The highest BCUT2D eigenvalue weighted by molar-refractivity contribution is 6.77. The summed E-state index contributed by atoms with van der Waals surface area (Å²) in [4.78, 5) is 12.5. The number of esters is 1. The number of carbonyl (C=O) groups is 1. The predicted molar refractivity (Wildman–Crippen MR) is 103 cm³/mol. The molecule has 1 aromatic rings. The summed E-state index contributed by atoms with van der Waals surface area (Å²) in [5, 5.41) is 0. The second kappa shape index (κ2) is 9.38. The molecule has 1 aromatic carbocycles. The van der Waals surface area contributed by atoms with E-state index in [2.05, 4.69) is 41.5 Å². The third kappa shape index (κ3) is 4.70. The van der Waals surface area contributed by atoms with Gasteiger partial charge < -0.3 is 9.16 Å². The molecule has 0 radical (unpaired) electrons. The van der Waals surface area contributed by atoms with Gasteiger partial charge in [-0.2, -0.15) is 0 Å². The fourth-order valence-electron chi connectivity index (χ4n) is 4.01. The van der Waals surface area contributed by atoms with Crippen LogP contribution in [-0.4, -0.2) is 21.1 Å². The summed E-state index contributed by atoms with van der Waals surface area (Å²) in [7, 11) is -2.00. The lowest BCUT2D eigenvalue weighted by molar-refractivity contribution is -0.153. The van der Waals surface area contributed by atoms with Crippen molar-refractivity contribution in [3.8, 4) is 0 Å². The van der Waals surface area contributed by atoms with E-state index >= 15 is 0 Å². The molecular formula is C20H34O3Si. The molecule has 0 spiro atoms. The van der Waals surface area contributed by atoms with Gasteiger partial charge in [0, 0.05) is 0 Å². The number of ether oxygens (including phenoxy) is 1. The van der Waals surface area contributed by atoms with E-state index in [1.807, 2.05) is 37.3 Å². The zero-order valence-corrected chi connectivity index (χ0v) is 17.3. The van der Waals surface area contributed by atoms with Crippen LogP contribution < -0.4 is 0 Å². The molecule has 0 fully saturated rings. The minimum absolute atomic E-state index is 0.0724. The Balaban J connectivity index is 2.75. The summed E-state index contributed by atoms with van der Waals surface area (Å²) in [5.41, 5.74) is 2.44. The summed E-state index contributed by atoms with van der Waals surface area (Å²) >= 11 is 0. The molecule has 0 aromatic heterocycles. The molecule has 136 valence electrons. The van der Waals surface area contributed by atoms with Crippen LogP contribution in [0.1, 0.15) is 66.4 Å². The smallest absolute Gasteiger partial charge is 0.315 e. The molecule has 0 amide bonds. The number of hydrogen-bond acceptors (Lipinski definition) is 3. The first-order valence-electron chi connectivity index (χ1n) is 9.12. The summed E-state index contributed by atoms with van der Waals surface area (Å²) in [6, 6.07) is 9.82. The second-order valence-electron chi connectivity index (χ2n) is 7.41. The van der Waals surface area contributed by atoms with Crippen molar-refractivity contribution in [3.63, 3.8) is 0 Å². The minimum atomic E-state index is -2.00. The lowest BCUT2D eigenvalue weighted by Crippen LogP contribution is -2.48. The van der Waals surface area contributed by atoms with Crippen molar-refractivity contribution in [1.29, 1.82) is 0 Å². The van der Waals surface area contributed by atoms with Crippen molar-refractivity contribution >= 4 is 14.3 Å². The molecule has 4 heteroatoms. The maximum Gasteiger partial charge on any atom is 0.315 e. The molecule has 0 aliphatic carbocycles. The molecule has 0 saturated heterocycles. The summed E-state index contributed by atoms with van der Waals surface area (Å²) in [6.07, 6.45) is 0.726. The van der Waals surface area contributed by atoms with Crippen molar-refractivity contribution in [1.82, 2.24) is 0 Å². The molecule has 0 saturated carbocycles. The highest BCUT2D eigenvalue weighted by Crippen LogP contribution is 2.42. The molecule has 0 aliphatic heterocycles. The first kappa shape index (κ1) is 20.9. The van der Waals surface area contributed by atoms with Crippen molar-refractivity contribution in [2.24, 2.45) is 0 Å². The summed E-state index contributed by atoms with van der Waals surface area (Å²) in [6.45, 7) is 15.5. The average molecular weight is 351 g/mol. The van der Waals surface area contributed by atoms with E-state index in [0.717, 1.165) is 12.0 Å². The van der Waals surface area contributed by atoms with Gasteiger partial charge in [-0.1, -0.05) is 78.8 Å². The highest BCUT2D eigenvalue weighted by atomic mass is 28.4. The Morgan fingerprint density at radius 3 is 1.88 bits per heavy atom. The third-order valence-corrected chi connectivity index (χ3v) is 11.1. The van der Waals surface area contributed by atoms with Gasteiger partial charge in [0.25, 0.3) is 0 Å². The molecule has 0 heterocycles. The van der Waals surface area contributed by atoms with Crippen molar-refractivity contribution < 1.29 is 14.0 Å². The second-order valence-corrected chi connectivity index (χ2v) is 12.9. The summed E-state index contributed by atoms with van der Waals surface area (Å²) in [5.74, 6) is -0.411. The SMILES string of the molecule is CCC(C(=O)OCO[Si](C(C)C)(C(C)C)C(C)C)c1ccccc1. The van der Waals surface area contributed by atoms with Gasteiger partial charge >= 0.3 is 5.97 Å². The van der Waals surface area contributed by atoms with Crippen molar-refractivity contribution in [3.05, 3.63) is 35.9 Å². The van der Waals surface area contributed by atoms with E-state index in [1.54, 1.807) is 0 Å². The topological polar surface area (TPSA) is 35.5 Å². The number of hydrogen-bond donors (Lipinski definition) is 0. The molecular weight excluding hydrogens is 316 g/mol. The normalized spacial score (nSPS) is 13.6. The number of benzene rings is 1. The Kier molecular flexibility index (Phi) is 8.17. The third-order valence-electron chi connectivity index (χ3n) is 5.11. The molecule has 1 rings (SSSR count). The molecule has 24 heavy (non-hydrogen) atoms. The van der Waals surface area contributed by atoms with Gasteiger partial charge in [0.15, 0.2) is 6.79 Å². The van der Waals surface area contributed by atoms with Crippen LogP contribution in [-0.2, 0) is 14.0 Å². The fraction of sp³-hybridized carbons (Fsp3) is 0.650. The Hall–Kier alpha value is -1.13. The first-order chi connectivity index (χ1) is 11.3. The lowest BCUT2D eigenvalue weighted by Gasteiger charge is -2.41. The zero-order chi connectivity index (χ0) is 18.3. The Morgan fingerprint density at radius 2 is 1.46 bits per heavy atom. The number of rotatable bonds is 9. The highest BCUT2D eigenvalue weighted by Gasteiger charge is 2.45. The maximum atomic E-state index is 12.5. The van der Waals surface area contributed by atoms with Crippen LogP contribution in [0.5, 0.6) is 0 Å². The van der Waals surface area contributed by atoms with Crippen molar-refractivity contribution in [2.45, 2.75) is 77.4 Å². The molecule has 0 bridgehead atoms. The number of carbonyl (C=O) groups excluding carboxylic acids is 1. The van der Waals surface area contributed by atoms with E-state index in [1.165, 1.54) is 0 Å². The Morgan fingerprint density at radius 1 is 0.958 bits per heavy atom. The lowest BCUT2D eigenvalue weighted by atomic mass is 9.97. The van der Waals surface area contributed by atoms with Gasteiger partial charge in [0.1, 0.15) is 0 Å². The first-order valence-corrected chi connectivity index (χ1v) is 11.3. The molecule has 0 N–H and O–H groups in total. The van der Waals surface area contributed by atoms with E-state index in [0.29, 0.717) is 16.6 Å². The van der Waals surface area contributed by atoms with Crippen LogP contribution in [0.25, 0.3) is 0 Å². The Bertz CT molecular complexity index is 475. The standard InChI is InChI=1S/C20H34O3Si/c1-8-19(18-12-10-9-11-13-18)20(21)22-14-23-24(15(2)3,16(4)5)17(6)7/h9-13,15-17,19H,8,14H2,1-7H3. The van der Waals surface area contributed by atoms with Crippen LogP contribution >= 0.6 is 0 Å². The quantitative estimate of drug-likeness (QED) is 0.317. The fourth-order valence-corrected chi connectivity index (χ4v) is 9.28. The van der Waals surface area contributed by atoms with Gasteiger partial charge in [-0.05, 0) is 28.6 Å². The van der Waals surface area contributed by atoms with Gasteiger partial charge in [-0.15, -0.1) is 0 Å². The van der Waals surface area contributed by atoms with Crippen LogP contribution in [0.4, 0.5) is 0 Å². The van der Waals surface area contributed by atoms with E-state index < -0.39 is 8.32 Å². The molecule has 0 aliphatic rings. The van der Waals surface area contributed by atoms with E-state index in [4.69, 9.17) is 9.16 Å². The average Bonchev–Trinajstić information content (AvgIpc) is 2.52. The molecule has 1 unspecified atom stereocenters. The Labute approximate surface area is 148 Å². The van der Waals surface area contributed by atoms with Gasteiger partial charge in [-0.25, -0.2) is 0 Å². The van der Waals surface area contributed by atoms with Crippen molar-refractivity contribution in [2.75, 3.05) is 6.79 Å². The van der Waals surface area contributed by atoms with Gasteiger partial charge in [-0.3, -0.25) is 4.79 Å². The largest absolute Gasteiger partial charge is 0.439 e.